The monoisotopic (exact) mass is 227 g/mol. The maximum Gasteiger partial charge on any atom is 0.323 e. The molecule has 0 amide bonds. The van der Waals surface area contributed by atoms with Gasteiger partial charge in [-0.15, -0.1) is 0 Å². The van der Waals surface area contributed by atoms with Crippen LogP contribution >= 0.6 is 0 Å². The molecular weight excluding hydrogens is 216 g/mol. The minimum Gasteiger partial charge on any atom is -0.480 e. The van der Waals surface area contributed by atoms with E-state index in [1.165, 1.54) is 6.07 Å². The number of hydrogen-bond donors (Lipinski definition) is 2. The first kappa shape index (κ1) is 11.0. The lowest BCUT2D eigenvalue weighted by atomic mass is 10.2. The van der Waals surface area contributed by atoms with E-state index in [1.54, 1.807) is 0 Å². The van der Waals surface area contributed by atoms with Crippen LogP contribution in [0.1, 0.15) is 18.4 Å². The summed E-state index contributed by atoms with van der Waals surface area (Å²) >= 11 is 0. The van der Waals surface area contributed by atoms with Crippen molar-refractivity contribution in [2.24, 2.45) is 0 Å². The van der Waals surface area contributed by atoms with Crippen molar-refractivity contribution < 1.29 is 18.7 Å². The quantitative estimate of drug-likeness (QED) is 0.822. The van der Waals surface area contributed by atoms with Crippen LogP contribution in [0.25, 0.3) is 0 Å². The van der Waals surface area contributed by atoms with E-state index in [0.717, 1.165) is 12.1 Å². The van der Waals surface area contributed by atoms with Gasteiger partial charge in [-0.3, -0.25) is 10.1 Å². The van der Waals surface area contributed by atoms with Crippen molar-refractivity contribution in [2.45, 2.75) is 24.9 Å². The Bertz CT molecular complexity index is 430. The zero-order valence-electron chi connectivity index (χ0n) is 8.46. The van der Waals surface area contributed by atoms with Crippen molar-refractivity contribution >= 4 is 5.97 Å². The standard InChI is InChI=1S/C11H11F2NO2/c12-8-2-1-7(5-9(8)13)6-14-11(3-4-11)10(15)16/h1-2,5,14H,3-4,6H2,(H,15,16). The summed E-state index contributed by atoms with van der Waals surface area (Å²) in [5.74, 6) is -2.71. The fourth-order valence-corrected chi connectivity index (χ4v) is 1.51. The van der Waals surface area contributed by atoms with Gasteiger partial charge >= 0.3 is 5.97 Å². The summed E-state index contributed by atoms with van der Waals surface area (Å²) in [5, 5.41) is 11.7. The molecule has 1 saturated carbocycles. The molecule has 1 aromatic carbocycles. The first-order valence-electron chi connectivity index (χ1n) is 4.96. The molecule has 2 rings (SSSR count). The van der Waals surface area contributed by atoms with Crippen molar-refractivity contribution in [2.75, 3.05) is 0 Å². The number of carbonyl (C=O) groups is 1. The Morgan fingerprint density at radius 3 is 2.56 bits per heavy atom. The average molecular weight is 227 g/mol. The molecule has 0 saturated heterocycles. The van der Waals surface area contributed by atoms with E-state index in [9.17, 15) is 13.6 Å². The second-order valence-corrected chi connectivity index (χ2v) is 3.99. The molecule has 0 aliphatic heterocycles. The van der Waals surface area contributed by atoms with Gasteiger partial charge in [0.25, 0.3) is 0 Å². The number of aliphatic carboxylic acids is 1. The zero-order chi connectivity index (χ0) is 11.8. The van der Waals surface area contributed by atoms with Gasteiger partial charge in [-0.2, -0.15) is 0 Å². The topological polar surface area (TPSA) is 49.3 Å². The molecule has 1 aliphatic rings. The Balaban J connectivity index is 2.00. The Hall–Kier alpha value is -1.49. The average Bonchev–Trinajstić information content (AvgIpc) is 3.01. The molecule has 0 aromatic heterocycles. The highest BCUT2D eigenvalue weighted by molar-refractivity contribution is 5.82. The third-order valence-corrected chi connectivity index (χ3v) is 2.77. The lowest BCUT2D eigenvalue weighted by Gasteiger charge is -2.12. The van der Waals surface area contributed by atoms with Crippen LogP contribution in [-0.4, -0.2) is 16.6 Å². The Labute approximate surface area is 91.1 Å². The molecule has 1 aliphatic carbocycles. The summed E-state index contributed by atoms with van der Waals surface area (Å²) < 4.78 is 25.5. The smallest absolute Gasteiger partial charge is 0.323 e. The van der Waals surface area contributed by atoms with E-state index in [2.05, 4.69) is 5.32 Å². The second-order valence-electron chi connectivity index (χ2n) is 3.99. The van der Waals surface area contributed by atoms with Crippen LogP contribution < -0.4 is 5.32 Å². The fraction of sp³-hybridized carbons (Fsp3) is 0.364. The lowest BCUT2D eigenvalue weighted by Crippen LogP contribution is -2.38. The summed E-state index contributed by atoms with van der Waals surface area (Å²) in [6.07, 6.45) is 1.15. The summed E-state index contributed by atoms with van der Waals surface area (Å²) in [6, 6.07) is 3.54. The number of carboxylic acid groups (broad SMARTS) is 1. The minimum atomic E-state index is -0.917. The van der Waals surface area contributed by atoms with Gasteiger partial charge in [0.2, 0.25) is 0 Å². The van der Waals surface area contributed by atoms with E-state index < -0.39 is 23.1 Å². The van der Waals surface area contributed by atoms with Crippen molar-refractivity contribution in [3.05, 3.63) is 35.4 Å². The van der Waals surface area contributed by atoms with E-state index in [4.69, 9.17) is 5.11 Å². The van der Waals surface area contributed by atoms with Gasteiger partial charge in [0, 0.05) is 6.54 Å². The largest absolute Gasteiger partial charge is 0.480 e. The maximum atomic E-state index is 12.9. The molecule has 1 aromatic rings. The number of nitrogens with one attached hydrogen (secondary N) is 1. The number of rotatable bonds is 4. The Morgan fingerprint density at radius 1 is 1.38 bits per heavy atom. The van der Waals surface area contributed by atoms with E-state index in [-0.39, 0.29) is 6.54 Å². The Kier molecular flexibility index (Phi) is 2.63. The SMILES string of the molecule is O=C(O)C1(NCc2ccc(F)c(F)c2)CC1. The molecule has 5 heteroatoms. The van der Waals surface area contributed by atoms with Crippen LogP contribution in [-0.2, 0) is 11.3 Å². The van der Waals surface area contributed by atoms with Gasteiger partial charge in [0.1, 0.15) is 5.54 Å². The predicted octanol–water partition coefficient (Wildman–Crippen LogP) is 1.67. The lowest BCUT2D eigenvalue weighted by molar-refractivity contribution is -0.140. The molecule has 2 N–H and O–H groups in total. The summed E-state index contributed by atoms with van der Waals surface area (Å²) in [5.41, 5.74) is -0.323. The van der Waals surface area contributed by atoms with Crippen molar-refractivity contribution in [1.82, 2.24) is 5.32 Å². The van der Waals surface area contributed by atoms with E-state index in [1.807, 2.05) is 0 Å². The van der Waals surface area contributed by atoms with E-state index >= 15 is 0 Å². The molecule has 3 nitrogen and oxygen atoms in total. The Morgan fingerprint density at radius 2 is 2.06 bits per heavy atom. The molecule has 86 valence electrons. The van der Waals surface area contributed by atoms with Crippen LogP contribution in [0.5, 0.6) is 0 Å². The molecule has 0 spiro atoms. The minimum absolute atomic E-state index is 0.226. The van der Waals surface area contributed by atoms with Gasteiger partial charge in [0.15, 0.2) is 11.6 Å². The number of benzene rings is 1. The third kappa shape index (κ3) is 2.04. The molecule has 16 heavy (non-hydrogen) atoms. The third-order valence-electron chi connectivity index (χ3n) is 2.77. The van der Waals surface area contributed by atoms with E-state index in [0.29, 0.717) is 18.4 Å². The number of hydrogen-bond acceptors (Lipinski definition) is 2. The maximum absolute atomic E-state index is 12.9. The predicted molar refractivity (Wildman–Crippen MR) is 52.8 cm³/mol. The van der Waals surface area contributed by atoms with Crippen molar-refractivity contribution in [3.8, 4) is 0 Å². The molecule has 0 radical (unpaired) electrons. The van der Waals surface area contributed by atoms with Crippen LogP contribution in [0.15, 0.2) is 18.2 Å². The first-order valence-corrected chi connectivity index (χ1v) is 4.96. The number of carboxylic acids is 1. The highest BCUT2D eigenvalue weighted by Gasteiger charge is 2.49. The fourth-order valence-electron chi connectivity index (χ4n) is 1.51. The van der Waals surface area contributed by atoms with Crippen LogP contribution in [0.4, 0.5) is 8.78 Å². The van der Waals surface area contributed by atoms with Gasteiger partial charge < -0.3 is 5.11 Å². The summed E-state index contributed by atoms with van der Waals surface area (Å²) in [4.78, 5) is 10.8. The number of halogens is 2. The van der Waals surface area contributed by atoms with Gasteiger partial charge in [-0.1, -0.05) is 6.07 Å². The van der Waals surface area contributed by atoms with Crippen LogP contribution in [0.3, 0.4) is 0 Å². The first-order chi connectivity index (χ1) is 7.53. The van der Waals surface area contributed by atoms with Crippen LogP contribution in [0.2, 0.25) is 0 Å². The highest BCUT2D eigenvalue weighted by atomic mass is 19.2. The molecule has 0 unspecified atom stereocenters. The molecule has 0 atom stereocenters. The summed E-state index contributed by atoms with van der Waals surface area (Å²) in [6.45, 7) is 0.226. The van der Waals surface area contributed by atoms with Crippen molar-refractivity contribution in [3.63, 3.8) is 0 Å². The van der Waals surface area contributed by atoms with Gasteiger partial charge in [0.05, 0.1) is 0 Å². The van der Waals surface area contributed by atoms with Crippen molar-refractivity contribution in [1.29, 1.82) is 0 Å². The molecule has 0 heterocycles. The normalized spacial score (nSPS) is 17.1. The summed E-state index contributed by atoms with van der Waals surface area (Å²) in [7, 11) is 0. The zero-order valence-corrected chi connectivity index (χ0v) is 8.46. The van der Waals surface area contributed by atoms with Crippen LogP contribution in [0, 0.1) is 11.6 Å². The molecule has 0 bridgehead atoms. The highest BCUT2D eigenvalue weighted by Crippen LogP contribution is 2.35. The van der Waals surface area contributed by atoms with Gasteiger partial charge in [-0.25, -0.2) is 8.78 Å². The molecular formula is C11H11F2NO2. The second kappa shape index (κ2) is 3.83. The molecule has 1 fully saturated rings. The van der Waals surface area contributed by atoms with Gasteiger partial charge in [-0.05, 0) is 30.5 Å².